The quantitative estimate of drug-likeness (QED) is 0.364. The third-order valence-corrected chi connectivity index (χ3v) is 6.00. The predicted molar refractivity (Wildman–Crippen MR) is 108 cm³/mol. The number of benzene rings is 2. The highest BCUT2D eigenvalue weighted by Crippen LogP contribution is 2.42. The van der Waals surface area contributed by atoms with Crippen LogP contribution in [0.1, 0.15) is 10.4 Å². The number of amides is 1. The van der Waals surface area contributed by atoms with E-state index in [0.29, 0.717) is 21.3 Å². The second kappa shape index (κ2) is 7.50. The molecule has 142 valence electrons. The van der Waals surface area contributed by atoms with Gasteiger partial charge in [-0.3, -0.25) is 4.79 Å². The highest BCUT2D eigenvalue weighted by Gasteiger charge is 2.20. The molecule has 0 aliphatic heterocycles. The number of carbonyl (C=O) groups is 1. The Morgan fingerprint density at radius 1 is 1.14 bits per heavy atom. The monoisotopic (exact) mass is 438 g/mol. The Hall–Kier alpha value is -2.48. The molecule has 28 heavy (non-hydrogen) atoms. The molecule has 4 nitrogen and oxygen atoms in total. The van der Waals surface area contributed by atoms with Gasteiger partial charge in [0, 0.05) is 27.2 Å². The molecule has 0 unspecified atom stereocenters. The topological polar surface area (TPSA) is 51.2 Å². The van der Waals surface area contributed by atoms with Gasteiger partial charge in [0.15, 0.2) is 0 Å². The zero-order valence-corrected chi connectivity index (χ0v) is 16.2. The van der Waals surface area contributed by atoms with E-state index in [0.717, 1.165) is 10.1 Å². The van der Waals surface area contributed by atoms with Crippen molar-refractivity contribution < 1.29 is 18.3 Å². The van der Waals surface area contributed by atoms with E-state index in [1.54, 1.807) is 0 Å². The van der Waals surface area contributed by atoms with Crippen molar-refractivity contribution in [3.8, 4) is 5.75 Å². The van der Waals surface area contributed by atoms with Crippen LogP contribution in [0.25, 0.3) is 20.2 Å². The number of carbonyl (C=O) groups excluding carboxylic acids is 1. The average Bonchev–Trinajstić information content (AvgIpc) is 3.05. The Morgan fingerprint density at radius 3 is 2.71 bits per heavy atom. The van der Waals surface area contributed by atoms with Gasteiger partial charge in [-0.25, -0.2) is 4.98 Å². The van der Waals surface area contributed by atoms with E-state index in [4.69, 9.17) is 23.2 Å². The van der Waals surface area contributed by atoms with Crippen LogP contribution in [0.2, 0.25) is 10.2 Å². The molecule has 9 heteroatoms. The summed E-state index contributed by atoms with van der Waals surface area (Å²) in [6.07, 6.45) is 1.42. The van der Waals surface area contributed by atoms with Crippen LogP contribution in [-0.4, -0.2) is 17.5 Å². The maximum atomic E-state index is 12.9. The standard InChI is InChI=1S/C19H10Cl2F2N2O2S/c20-15-11(7-8-24-17(15)21)25-18(26)10-5-6-12(27-19(22)23)16-14(10)9-3-1-2-4-13(9)28-16/h1-8,19H,(H,24,25,26). The maximum absolute atomic E-state index is 12.9. The van der Waals surface area contributed by atoms with E-state index < -0.39 is 12.5 Å². The first-order chi connectivity index (χ1) is 13.5. The van der Waals surface area contributed by atoms with Gasteiger partial charge in [-0.15, -0.1) is 11.3 Å². The first-order valence-electron chi connectivity index (χ1n) is 7.96. The molecular weight excluding hydrogens is 429 g/mol. The van der Waals surface area contributed by atoms with Gasteiger partial charge >= 0.3 is 6.61 Å². The van der Waals surface area contributed by atoms with Crippen LogP contribution in [0.15, 0.2) is 48.7 Å². The molecule has 0 fully saturated rings. The summed E-state index contributed by atoms with van der Waals surface area (Å²) >= 11 is 13.3. The number of hydrogen-bond acceptors (Lipinski definition) is 4. The zero-order valence-electron chi connectivity index (χ0n) is 13.9. The molecule has 2 heterocycles. The molecule has 4 rings (SSSR count). The SMILES string of the molecule is O=C(Nc1ccnc(Cl)c1Cl)c1ccc(OC(F)F)c2sc3ccccc3c12. The molecular formula is C19H10Cl2F2N2O2S. The molecule has 1 amide bonds. The normalized spacial score (nSPS) is 11.3. The van der Waals surface area contributed by atoms with E-state index in [-0.39, 0.29) is 15.9 Å². The van der Waals surface area contributed by atoms with Crippen LogP contribution < -0.4 is 10.1 Å². The lowest BCUT2D eigenvalue weighted by Gasteiger charge is -2.11. The van der Waals surface area contributed by atoms with Crippen molar-refractivity contribution in [2.24, 2.45) is 0 Å². The zero-order chi connectivity index (χ0) is 19.8. The molecule has 0 saturated heterocycles. The number of pyridine rings is 1. The Kier molecular flexibility index (Phi) is 5.05. The van der Waals surface area contributed by atoms with Crippen LogP contribution in [0, 0.1) is 0 Å². The Balaban J connectivity index is 1.87. The number of nitrogens with one attached hydrogen (secondary N) is 1. The number of fused-ring (bicyclic) bond motifs is 3. The summed E-state index contributed by atoms with van der Waals surface area (Å²) in [7, 11) is 0. The molecule has 2 aromatic heterocycles. The minimum atomic E-state index is -2.97. The largest absolute Gasteiger partial charge is 0.433 e. The molecule has 0 aliphatic carbocycles. The fourth-order valence-electron chi connectivity index (χ4n) is 2.89. The molecule has 4 aromatic rings. The van der Waals surface area contributed by atoms with E-state index in [2.05, 4.69) is 15.0 Å². The van der Waals surface area contributed by atoms with Crippen molar-refractivity contribution in [2.75, 3.05) is 5.32 Å². The Bertz CT molecular complexity index is 1210. The van der Waals surface area contributed by atoms with Crippen molar-refractivity contribution >= 4 is 66.3 Å². The highest BCUT2D eigenvalue weighted by atomic mass is 35.5. The number of thiophene rings is 1. The van der Waals surface area contributed by atoms with Gasteiger partial charge in [0.2, 0.25) is 0 Å². The average molecular weight is 439 g/mol. The van der Waals surface area contributed by atoms with Crippen LogP contribution >= 0.6 is 34.5 Å². The molecule has 0 atom stereocenters. The van der Waals surface area contributed by atoms with Gasteiger partial charge in [0.1, 0.15) is 15.9 Å². The molecule has 0 aliphatic rings. The number of nitrogens with zero attached hydrogens (tertiary/aromatic N) is 1. The molecule has 2 aromatic carbocycles. The van der Waals surface area contributed by atoms with Gasteiger partial charge < -0.3 is 10.1 Å². The fraction of sp³-hybridized carbons (Fsp3) is 0.0526. The van der Waals surface area contributed by atoms with Gasteiger partial charge in [0.25, 0.3) is 5.91 Å². The highest BCUT2D eigenvalue weighted by molar-refractivity contribution is 7.26. The smallest absolute Gasteiger partial charge is 0.387 e. The van der Waals surface area contributed by atoms with Crippen LogP contribution in [0.4, 0.5) is 14.5 Å². The van der Waals surface area contributed by atoms with Gasteiger partial charge in [-0.05, 0) is 24.3 Å². The van der Waals surface area contributed by atoms with Gasteiger partial charge in [-0.1, -0.05) is 41.4 Å². The summed E-state index contributed by atoms with van der Waals surface area (Å²) in [5, 5.41) is 4.17. The molecule has 0 bridgehead atoms. The number of hydrogen-bond donors (Lipinski definition) is 1. The predicted octanol–water partition coefficient (Wildman–Crippen LogP) is 6.61. The molecule has 0 saturated carbocycles. The summed E-state index contributed by atoms with van der Waals surface area (Å²) in [6, 6.07) is 11.7. The summed E-state index contributed by atoms with van der Waals surface area (Å²) in [4.78, 5) is 16.8. The minimum Gasteiger partial charge on any atom is -0.433 e. The van der Waals surface area contributed by atoms with E-state index >= 15 is 0 Å². The summed E-state index contributed by atoms with van der Waals surface area (Å²) in [5.74, 6) is -0.436. The van der Waals surface area contributed by atoms with Crippen molar-refractivity contribution in [3.05, 3.63) is 64.4 Å². The number of aromatic nitrogens is 1. The number of rotatable bonds is 4. The second-order valence-corrected chi connectivity index (χ2v) is 7.50. The van der Waals surface area contributed by atoms with E-state index in [1.807, 2.05) is 24.3 Å². The fourth-order valence-corrected chi connectivity index (χ4v) is 4.39. The lowest BCUT2D eigenvalue weighted by molar-refractivity contribution is -0.0486. The van der Waals surface area contributed by atoms with Crippen molar-refractivity contribution in [1.29, 1.82) is 0 Å². The van der Waals surface area contributed by atoms with Crippen LogP contribution in [-0.2, 0) is 0 Å². The third kappa shape index (κ3) is 3.37. The number of ether oxygens (including phenoxy) is 1. The van der Waals surface area contributed by atoms with Crippen molar-refractivity contribution in [3.63, 3.8) is 0 Å². The minimum absolute atomic E-state index is 0.0211. The van der Waals surface area contributed by atoms with Gasteiger partial charge in [0.05, 0.1) is 10.4 Å². The molecule has 0 radical (unpaired) electrons. The summed E-state index contributed by atoms with van der Waals surface area (Å²) in [6.45, 7) is -2.97. The van der Waals surface area contributed by atoms with Crippen LogP contribution in [0.5, 0.6) is 5.75 Å². The summed E-state index contributed by atoms with van der Waals surface area (Å²) < 4.78 is 31.6. The first-order valence-corrected chi connectivity index (χ1v) is 9.53. The third-order valence-electron chi connectivity index (χ3n) is 4.05. The number of halogens is 4. The Morgan fingerprint density at radius 2 is 1.93 bits per heavy atom. The van der Waals surface area contributed by atoms with Crippen molar-refractivity contribution in [1.82, 2.24) is 4.98 Å². The van der Waals surface area contributed by atoms with Crippen molar-refractivity contribution in [2.45, 2.75) is 6.61 Å². The lowest BCUT2D eigenvalue weighted by Crippen LogP contribution is -2.13. The van der Waals surface area contributed by atoms with Crippen LogP contribution in [0.3, 0.4) is 0 Å². The Labute approximate surface area is 171 Å². The van der Waals surface area contributed by atoms with E-state index in [9.17, 15) is 13.6 Å². The molecule has 1 N–H and O–H groups in total. The number of alkyl halides is 2. The van der Waals surface area contributed by atoms with Gasteiger partial charge in [-0.2, -0.15) is 8.78 Å². The first kappa shape index (κ1) is 18.9. The second-order valence-electron chi connectivity index (χ2n) is 5.71. The lowest BCUT2D eigenvalue weighted by atomic mass is 10.0. The maximum Gasteiger partial charge on any atom is 0.387 e. The van der Waals surface area contributed by atoms with E-state index in [1.165, 1.54) is 35.7 Å². The number of anilines is 1. The summed E-state index contributed by atoms with van der Waals surface area (Å²) in [5.41, 5.74) is 0.602. The molecule has 0 spiro atoms.